The second kappa shape index (κ2) is 6.03. The molecule has 0 bridgehead atoms. The third-order valence-electron chi connectivity index (χ3n) is 4.31. The summed E-state index contributed by atoms with van der Waals surface area (Å²) in [5, 5.41) is 9.34. The van der Waals surface area contributed by atoms with Crippen LogP contribution in [0.2, 0.25) is 0 Å². The van der Waals surface area contributed by atoms with Crippen LogP contribution in [0.1, 0.15) is 31.7 Å². The molecule has 0 saturated carbocycles. The number of hydrogen-bond acceptors (Lipinski definition) is 3. The molecule has 1 amide bonds. The summed E-state index contributed by atoms with van der Waals surface area (Å²) in [6, 6.07) is 3.66. The van der Waals surface area contributed by atoms with E-state index in [2.05, 4.69) is 4.98 Å². The number of aromatic nitrogens is 1. The molecule has 20 heavy (non-hydrogen) atoms. The molecule has 0 aromatic carbocycles. The average Bonchev–Trinajstić information content (AvgIpc) is 2.48. The number of amides is 1. The van der Waals surface area contributed by atoms with Crippen LogP contribution in [0.25, 0.3) is 0 Å². The largest absolute Gasteiger partial charge is 0.481 e. The highest BCUT2D eigenvalue weighted by Gasteiger charge is 2.40. The van der Waals surface area contributed by atoms with Crippen LogP contribution >= 0.6 is 0 Å². The van der Waals surface area contributed by atoms with Gasteiger partial charge in [-0.3, -0.25) is 14.6 Å². The van der Waals surface area contributed by atoms with E-state index in [1.165, 1.54) is 0 Å². The van der Waals surface area contributed by atoms with Gasteiger partial charge in [-0.25, -0.2) is 0 Å². The minimum absolute atomic E-state index is 0.0614. The third kappa shape index (κ3) is 2.98. The van der Waals surface area contributed by atoms with E-state index >= 15 is 0 Å². The Morgan fingerprint density at radius 1 is 1.30 bits per heavy atom. The number of nitrogens with zero attached hydrogens (tertiary/aromatic N) is 2. The summed E-state index contributed by atoms with van der Waals surface area (Å²) < 4.78 is 0. The molecule has 1 aliphatic heterocycles. The molecule has 108 valence electrons. The first-order chi connectivity index (χ1) is 9.57. The second-order valence-corrected chi connectivity index (χ2v) is 5.35. The van der Waals surface area contributed by atoms with Gasteiger partial charge in [0, 0.05) is 25.5 Å². The summed E-state index contributed by atoms with van der Waals surface area (Å²) in [5.74, 6) is -0.674. The maximum atomic E-state index is 12.2. The predicted molar refractivity (Wildman–Crippen MR) is 74.1 cm³/mol. The molecule has 0 unspecified atom stereocenters. The first-order valence-electron chi connectivity index (χ1n) is 6.97. The Morgan fingerprint density at radius 3 is 2.40 bits per heavy atom. The van der Waals surface area contributed by atoms with Crippen LogP contribution < -0.4 is 0 Å². The quantitative estimate of drug-likeness (QED) is 0.909. The SMILES string of the molecule is CCC1(C(=O)O)CCN(C(=O)Cc2ccncc2)CC1. The fourth-order valence-electron chi connectivity index (χ4n) is 2.69. The summed E-state index contributed by atoms with van der Waals surface area (Å²) in [5.41, 5.74) is 0.295. The van der Waals surface area contributed by atoms with Crippen molar-refractivity contribution in [2.45, 2.75) is 32.6 Å². The van der Waals surface area contributed by atoms with Crippen molar-refractivity contribution < 1.29 is 14.7 Å². The van der Waals surface area contributed by atoms with Crippen LogP contribution in [0.4, 0.5) is 0 Å². The molecule has 5 nitrogen and oxygen atoms in total. The van der Waals surface area contributed by atoms with Gasteiger partial charge in [-0.15, -0.1) is 0 Å². The van der Waals surface area contributed by atoms with Crippen molar-refractivity contribution in [3.05, 3.63) is 30.1 Å². The lowest BCUT2D eigenvalue weighted by molar-refractivity contribution is -0.154. The van der Waals surface area contributed by atoms with Crippen LogP contribution in [0.5, 0.6) is 0 Å². The van der Waals surface area contributed by atoms with E-state index in [0.29, 0.717) is 38.8 Å². The molecule has 1 aromatic rings. The van der Waals surface area contributed by atoms with Crippen molar-refractivity contribution in [1.29, 1.82) is 0 Å². The zero-order chi connectivity index (χ0) is 14.6. The molecular weight excluding hydrogens is 256 g/mol. The highest BCUT2D eigenvalue weighted by Crippen LogP contribution is 2.35. The van der Waals surface area contributed by atoms with Gasteiger partial charge in [-0.1, -0.05) is 6.92 Å². The Morgan fingerprint density at radius 2 is 1.90 bits per heavy atom. The van der Waals surface area contributed by atoms with Crippen LogP contribution in [-0.4, -0.2) is 40.0 Å². The van der Waals surface area contributed by atoms with Gasteiger partial charge < -0.3 is 10.0 Å². The molecule has 1 fully saturated rings. The van der Waals surface area contributed by atoms with Crippen molar-refractivity contribution in [2.75, 3.05) is 13.1 Å². The molecule has 5 heteroatoms. The number of carboxylic acid groups (broad SMARTS) is 1. The number of carbonyl (C=O) groups excluding carboxylic acids is 1. The summed E-state index contributed by atoms with van der Waals surface area (Å²) in [4.78, 5) is 29.3. The molecule has 1 aliphatic rings. The Balaban J connectivity index is 1.94. The average molecular weight is 276 g/mol. The third-order valence-corrected chi connectivity index (χ3v) is 4.31. The van der Waals surface area contributed by atoms with Gasteiger partial charge in [0.25, 0.3) is 0 Å². The molecular formula is C15H20N2O3. The Kier molecular flexibility index (Phi) is 4.37. The highest BCUT2D eigenvalue weighted by molar-refractivity contribution is 5.80. The van der Waals surface area contributed by atoms with Crippen molar-refractivity contribution >= 4 is 11.9 Å². The van der Waals surface area contributed by atoms with Crippen LogP contribution in [0.15, 0.2) is 24.5 Å². The van der Waals surface area contributed by atoms with Crippen LogP contribution in [-0.2, 0) is 16.0 Å². The van der Waals surface area contributed by atoms with Gasteiger partial charge >= 0.3 is 5.97 Å². The minimum Gasteiger partial charge on any atom is -0.481 e. The lowest BCUT2D eigenvalue weighted by atomic mass is 9.76. The molecule has 0 radical (unpaired) electrons. The fraction of sp³-hybridized carbons (Fsp3) is 0.533. The van der Waals surface area contributed by atoms with Gasteiger partial charge in [0.1, 0.15) is 0 Å². The number of likely N-dealkylation sites (tertiary alicyclic amines) is 1. The van der Waals surface area contributed by atoms with E-state index < -0.39 is 11.4 Å². The molecule has 0 atom stereocenters. The minimum atomic E-state index is -0.735. The normalized spacial score (nSPS) is 17.8. The molecule has 2 heterocycles. The smallest absolute Gasteiger partial charge is 0.309 e. The second-order valence-electron chi connectivity index (χ2n) is 5.35. The molecule has 1 aromatic heterocycles. The molecule has 1 N–H and O–H groups in total. The lowest BCUT2D eigenvalue weighted by Crippen LogP contribution is -2.46. The molecule has 0 spiro atoms. The van der Waals surface area contributed by atoms with Crippen molar-refractivity contribution in [3.8, 4) is 0 Å². The number of carbonyl (C=O) groups is 2. The zero-order valence-corrected chi connectivity index (χ0v) is 11.7. The highest BCUT2D eigenvalue weighted by atomic mass is 16.4. The summed E-state index contributed by atoms with van der Waals surface area (Å²) in [6.07, 6.45) is 5.40. The first kappa shape index (κ1) is 14.5. The Hall–Kier alpha value is -1.91. The van der Waals surface area contributed by atoms with Gasteiger partial charge in [0.05, 0.1) is 11.8 Å². The number of piperidine rings is 1. The fourth-order valence-corrected chi connectivity index (χ4v) is 2.69. The van der Waals surface area contributed by atoms with Gasteiger partial charge in [0.15, 0.2) is 0 Å². The van der Waals surface area contributed by atoms with E-state index in [-0.39, 0.29) is 5.91 Å². The standard InChI is InChI=1S/C15H20N2O3/c1-2-15(14(19)20)5-9-17(10-6-15)13(18)11-12-3-7-16-8-4-12/h3-4,7-8H,2,5-6,9-11H2,1H3,(H,19,20). The Labute approximate surface area is 118 Å². The Bertz CT molecular complexity index is 479. The van der Waals surface area contributed by atoms with Crippen LogP contribution in [0.3, 0.4) is 0 Å². The number of hydrogen-bond donors (Lipinski definition) is 1. The van der Waals surface area contributed by atoms with Crippen molar-refractivity contribution in [2.24, 2.45) is 5.41 Å². The maximum absolute atomic E-state index is 12.2. The van der Waals surface area contributed by atoms with Gasteiger partial charge in [0.2, 0.25) is 5.91 Å². The molecule has 1 saturated heterocycles. The van der Waals surface area contributed by atoms with E-state index in [0.717, 1.165) is 5.56 Å². The zero-order valence-electron chi connectivity index (χ0n) is 11.7. The summed E-state index contributed by atoms with van der Waals surface area (Å²) >= 11 is 0. The topological polar surface area (TPSA) is 70.5 Å². The lowest BCUT2D eigenvalue weighted by Gasteiger charge is -2.38. The van der Waals surface area contributed by atoms with Gasteiger partial charge in [-0.05, 0) is 37.0 Å². The first-order valence-corrected chi connectivity index (χ1v) is 6.97. The summed E-state index contributed by atoms with van der Waals surface area (Å²) in [6.45, 7) is 2.97. The van der Waals surface area contributed by atoms with E-state index in [1.54, 1.807) is 17.3 Å². The van der Waals surface area contributed by atoms with Crippen molar-refractivity contribution in [3.63, 3.8) is 0 Å². The number of pyridine rings is 1. The van der Waals surface area contributed by atoms with E-state index in [4.69, 9.17) is 0 Å². The van der Waals surface area contributed by atoms with Crippen molar-refractivity contribution in [1.82, 2.24) is 9.88 Å². The monoisotopic (exact) mass is 276 g/mol. The van der Waals surface area contributed by atoms with E-state index in [1.807, 2.05) is 19.1 Å². The molecule has 2 rings (SSSR count). The number of rotatable bonds is 4. The van der Waals surface area contributed by atoms with E-state index in [9.17, 15) is 14.7 Å². The van der Waals surface area contributed by atoms with Crippen LogP contribution in [0, 0.1) is 5.41 Å². The summed E-state index contributed by atoms with van der Waals surface area (Å²) in [7, 11) is 0. The maximum Gasteiger partial charge on any atom is 0.309 e. The number of aliphatic carboxylic acids is 1. The van der Waals surface area contributed by atoms with Gasteiger partial charge in [-0.2, -0.15) is 0 Å². The number of carboxylic acids is 1. The predicted octanol–water partition coefficient (Wildman–Crippen LogP) is 1.73. The molecule has 0 aliphatic carbocycles.